The molecule has 0 aromatic carbocycles. The van der Waals surface area contributed by atoms with Crippen LogP contribution in [0.4, 0.5) is 0 Å². The van der Waals surface area contributed by atoms with Crippen molar-refractivity contribution >= 4 is 0 Å². The van der Waals surface area contributed by atoms with Gasteiger partial charge < -0.3 is 10.4 Å². The average Bonchev–Trinajstić information content (AvgIpc) is 2.59. The molecule has 2 N–H and O–H groups in total. The third-order valence-corrected chi connectivity index (χ3v) is 2.47. The summed E-state index contributed by atoms with van der Waals surface area (Å²) < 4.78 is 1.79. The predicted molar refractivity (Wildman–Crippen MR) is 60.7 cm³/mol. The molecule has 4 nitrogen and oxygen atoms in total. The molecule has 1 rings (SSSR count). The van der Waals surface area contributed by atoms with Gasteiger partial charge in [0.05, 0.1) is 11.8 Å². The SMILES string of the molecule is CCNCC(C)(O)CCc1cnn(C)c1. The molecule has 86 valence electrons. The lowest BCUT2D eigenvalue weighted by Crippen LogP contribution is -2.38. The summed E-state index contributed by atoms with van der Waals surface area (Å²) in [6.45, 7) is 5.44. The molecule has 1 unspecified atom stereocenters. The van der Waals surface area contributed by atoms with Crippen molar-refractivity contribution in [2.75, 3.05) is 13.1 Å². The lowest BCUT2D eigenvalue weighted by atomic mass is 9.98. The van der Waals surface area contributed by atoms with E-state index in [4.69, 9.17) is 0 Å². The zero-order chi connectivity index (χ0) is 11.3. The van der Waals surface area contributed by atoms with Crippen LogP contribution in [0, 0.1) is 0 Å². The zero-order valence-corrected chi connectivity index (χ0v) is 9.82. The number of rotatable bonds is 6. The van der Waals surface area contributed by atoms with Crippen molar-refractivity contribution in [3.05, 3.63) is 18.0 Å². The summed E-state index contributed by atoms with van der Waals surface area (Å²) in [6, 6.07) is 0. The fourth-order valence-electron chi connectivity index (χ4n) is 1.50. The van der Waals surface area contributed by atoms with E-state index < -0.39 is 5.60 Å². The molecule has 0 radical (unpaired) electrons. The van der Waals surface area contributed by atoms with Crippen molar-refractivity contribution in [3.8, 4) is 0 Å². The van der Waals surface area contributed by atoms with Crippen LogP contribution in [-0.2, 0) is 13.5 Å². The average molecular weight is 211 g/mol. The third kappa shape index (κ3) is 4.44. The molecule has 1 aromatic heterocycles. The first-order valence-corrected chi connectivity index (χ1v) is 5.44. The molecule has 0 bridgehead atoms. The molecule has 15 heavy (non-hydrogen) atoms. The molecule has 0 aliphatic heterocycles. The molecule has 0 saturated heterocycles. The van der Waals surface area contributed by atoms with E-state index in [1.54, 1.807) is 4.68 Å². The summed E-state index contributed by atoms with van der Waals surface area (Å²) in [5.74, 6) is 0. The second kappa shape index (κ2) is 5.28. The van der Waals surface area contributed by atoms with E-state index >= 15 is 0 Å². The number of aliphatic hydroxyl groups is 1. The van der Waals surface area contributed by atoms with Gasteiger partial charge in [0.1, 0.15) is 0 Å². The highest BCUT2D eigenvalue weighted by Crippen LogP contribution is 2.12. The van der Waals surface area contributed by atoms with Gasteiger partial charge in [-0.3, -0.25) is 4.68 Å². The minimum absolute atomic E-state index is 0.633. The fourth-order valence-corrected chi connectivity index (χ4v) is 1.50. The number of aromatic nitrogens is 2. The molecular formula is C11H21N3O. The molecule has 0 amide bonds. The molecule has 0 fully saturated rings. The number of nitrogens with one attached hydrogen (secondary N) is 1. The molecule has 0 aliphatic rings. The largest absolute Gasteiger partial charge is 0.389 e. The number of hydrogen-bond acceptors (Lipinski definition) is 3. The van der Waals surface area contributed by atoms with E-state index in [1.807, 2.05) is 33.3 Å². The molecular weight excluding hydrogens is 190 g/mol. The Morgan fingerprint density at radius 3 is 2.87 bits per heavy atom. The van der Waals surface area contributed by atoms with Gasteiger partial charge in [-0.25, -0.2) is 0 Å². The van der Waals surface area contributed by atoms with Gasteiger partial charge in [-0.1, -0.05) is 6.92 Å². The van der Waals surface area contributed by atoms with Crippen LogP contribution in [0.1, 0.15) is 25.8 Å². The minimum atomic E-state index is -0.633. The van der Waals surface area contributed by atoms with Crippen LogP contribution in [0.5, 0.6) is 0 Å². The van der Waals surface area contributed by atoms with Crippen molar-refractivity contribution in [2.45, 2.75) is 32.3 Å². The predicted octanol–water partition coefficient (Wildman–Crippen LogP) is 0.713. The molecule has 4 heteroatoms. The van der Waals surface area contributed by atoms with E-state index in [-0.39, 0.29) is 0 Å². The Hall–Kier alpha value is -0.870. The van der Waals surface area contributed by atoms with Gasteiger partial charge in [0.25, 0.3) is 0 Å². The Bertz CT molecular complexity index is 294. The topological polar surface area (TPSA) is 50.1 Å². The van der Waals surface area contributed by atoms with Crippen molar-refractivity contribution < 1.29 is 5.11 Å². The number of aryl methyl sites for hydroxylation is 2. The van der Waals surface area contributed by atoms with Crippen molar-refractivity contribution in [3.63, 3.8) is 0 Å². The molecule has 0 saturated carbocycles. The van der Waals surface area contributed by atoms with Gasteiger partial charge in [-0.15, -0.1) is 0 Å². The first kappa shape index (κ1) is 12.2. The number of likely N-dealkylation sites (N-methyl/N-ethyl adjacent to an activating group) is 1. The molecule has 1 atom stereocenters. The summed E-state index contributed by atoms with van der Waals surface area (Å²) in [5, 5.41) is 17.3. The first-order chi connectivity index (χ1) is 7.03. The minimum Gasteiger partial charge on any atom is -0.389 e. The van der Waals surface area contributed by atoms with Crippen LogP contribution in [0.25, 0.3) is 0 Å². The van der Waals surface area contributed by atoms with Crippen molar-refractivity contribution in [1.82, 2.24) is 15.1 Å². The Kier molecular flexibility index (Phi) is 4.29. The van der Waals surface area contributed by atoms with Gasteiger partial charge in [0.15, 0.2) is 0 Å². The van der Waals surface area contributed by atoms with Gasteiger partial charge in [0, 0.05) is 19.8 Å². The normalized spacial score (nSPS) is 15.2. The quantitative estimate of drug-likeness (QED) is 0.728. The van der Waals surface area contributed by atoms with Crippen LogP contribution in [0.15, 0.2) is 12.4 Å². The van der Waals surface area contributed by atoms with E-state index in [9.17, 15) is 5.11 Å². The van der Waals surface area contributed by atoms with Crippen LogP contribution in [-0.4, -0.2) is 33.6 Å². The third-order valence-electron chi connectivity index (χ3n) is 2.47. The van der Waals surface area contributed by atoms with Gasteiger partial charge in [0.2, 0.25) is 0 Å². The Labute approximate surface area is 91.3 Å². The van der Waals surface area contributed by atoms with Gasteiger partial charge >= 0.3 is 0 Å². The van der Waals surface area contributed by atoms with E-state index in [1.165, 1.54) is 5.56 Å². The summed E-state index contributed by atoms with van der Waals surface area (Å²) in [5.41, 5.74) is 0.542. The Balaban J connectivity index is 2.35. The summed E-state index contributed by atoms with van der Waals surface area (Å²) >= 11 is 0. The van der Waals surface area contributed by atoms with Crippen LogP contribution >= 0.6 is 0 Å². The van der Waals surface area contributed by atoms with Crippen LogP contribution in [0.3, 0.4) is 0 Å². The van der Waals surface area contributed by atoms with Crippen LogP contribution in [0.2, 0.25) is 0 Å². The zero-order valence-electron chi connectivity index (χ0n) is 9.82. The highest BCUT2D eigenvalue weighted by atomic mass is 16.3. The maximum absolute atomic E-state index is 10.0. The molecule has 1 aromatic rings. The second-order valence-corrected chi connectivity index (χ2v) is 4.30. The summed E-state index contributed by atoms with van der Waals surface area (Å²) in [4.78, 5) is 0. The van der Waals surface area contributed by atoms with E-state index in [0.717, 1.165) is 19.4 Å². The smallest absolute Gasteiger partial charge is 0.0746 e. The standard InChI is InChI=1S/C11H21N3O/c1-4-12-9-11(2,15)6-5-10-7-13-14(3)8-10/h7-8,12,15H,4-6,9H2,1-3H3. The highest BCUT2D eigenvalue weighted by Gasteiger charge is 2.19. The van der Waals surface area contributed by atoms with Gasteiger partial charge in [-0.05, 0) is 31.9 Å². The number of hydrogen-bond donors (Lipinski definition) is 2. The molecule has 0 aliphatic carbocycles. The monoisotopic (exact) mass is 211 g/mol. The highest BCUT2D eigenvalue weighted by molar-refractivity contribution is 5.04. The lowest BCUT2D eigenvalue weighted by Gasteiger charge is -2.23. The molecule has 1 heterocycles. The lowest BCUT2D eigenvalue weighted by molar-refractivity contribution is 0.0517. The van der Waals surface area contributed by atoms with Crippen molar-refractivity contribution in [2.24, 2.45) is 7.05 Å². The summed E-state index contributed by atoms with van der Waals surface area (Å²) in [7, 11) is 1.90. The maximum Gasteiger partial charge on any atom is 0.0746 e. The summed E-state index contributed by atoms with van der Waals surface area (Å²) in [6.07, 6.45) is 5.46. The van der Waals surface area contributed by atoms with E-state index in [2.05, 4.69) is 10.4 Å². The molecule has 0 spiro atoms. The van der Waals surface area contributed by atoms with Crippen molar-refractivity contribution in [1.29, 1.82) is 0 Å². The maximum atomic E-state index is 10.0. The second-order valence-electron chi connectivity index (χ2n) is 4.30. The fraction of sp³-hybridized carbons (Fsp3) is 0.727. The Morgan fingerprint density at radius 2 is 2.33 bits per heavy atom. The Morgan fingerprint density at radius 1 is 1.60 bits per heavy atom. The van der Waals surface area contributed by atoms with E-state index in [0.29, 0.717) is 6.54 Å². The van der Waals surface area contributed by atoms with Crippen LogP contribution < -0.4 is 5.32 Å². The number of nitrogens with zero attached hydrogens (tertiary/aromatic N) is 2. The first-order valence-electron chi connectivity index (χ1n) is 5.44. The van der Waals surface area contributed by atoms with Gasteiger partial charge in [-0.2, -0.15) is 5.10 Å².